The first kappa shape index (κ1) is 17.3. The number of fused-ring (bicyclic) bond motifs is 1. The molecule has 25 heavy (non-hydrogen) atoms. The number of hydrogen-bond acceptors (Lipinski definition) is 3. The summed E-state index contributed by atoms with van der Waals surface area (Å²) in [6, 6.07) is 13.9. The molecular formula is C20H23NO4. The van der Waals surface area contributed by atoms with E-state index in [1.807, 2.05) is 36.4 Å². The van der Waals surface area contributed by atoms with Crippen LogP contribution < -0.4 is 10.1 Å². The molecule has 1 unspecified atom stereocenters. The van der Waals surface area contributed by atoms with Crippen molar-refractivity contribution in [2.24, 2.45) is 5.41 Å². The van der Waals surface area contributed by atoms with E-state index in [1.165, 1.54) is 5.56 Å². The smallest absolute Gasteiger partial charge is 0.405 e. The van der Waals surface area contributed by atoms with E-state index in [0.29, 0.717) is 0 Å². The van der Waals surface area contributed by atoms with Crippen LogP contribution >= 0.6 is 0 Å². The van der Waals surface area contributed by atoms with Crippen molar-refractivity contribution < 1.29 is 19.4 Å². The van der Waals surface area contributed by atoms with Crippen LogP contribution in [0.2, 0.25) is 0 Å². The van der Waals surface area contributed by atoms with Crippen molar-refractivity contribution in [1.82, 2.24) is 5.32 Å². The number of amides is 1. The third kappa shape index (κ3) is 3.61. The van der Waals surface area contributed by atoms with Gasteiger partial charge < -0.3 is 19.9 Å². The van der Waals surface area contributed by atoms with Crippen molar-refractivity contribution in [3.05, 3.63) is 53.6 Å². The number of carbonyl (C=O) groups is 1. The van der Waals surface area contributed by atoms with Crippen LogP contribution in [0.3, 0.4) is 0 Å². The molecule has 2 aromatic rings. The van der Waals surface area contributed by atoms with Crippen molar-refractivity contribution >= 4 is 6.09 Å². The van der Waals surface area contributed by atoms with Crippen LogP contribution in [0.1, 0.15) is 31.0 Å². The summed E-state index contributed by atoms with van der Waals surface area (Å²) in [5.41, 5.74) is 4.33. The Balaban J connectivity index is 1.86. The molecular weight excluding hydrogens is 318 g/mol. The Morgan fingerprint density at radius 2 is 1.88 bits per heavy atom. The Hall–Kier alpha value is -2.53. The van der Waals surface area contributed by atoms with Crippen LogP contribution in [-0.4, -0.2) is 25.1 Å². The van der Waals surface area contributed by atoms with E-state index in [2.05, 4.69) is 25.2 Å². The summed E-state index contributed by atoms with van der Waals surface area (Å²) in [5, 5.41) is 11.8. The van der Waals surface area contributed by atoms with Gasteiger partial charge in [0.1, 0.15) is 5.75 Å². The third-order valence-corrected chi connectivity index (χ3v) is 4.68. The van der Waals surface area contributed by atoms with Crippen molar-refractivity contribution in [2.45, 2.75) is 26.3 Å². The lowest BCUT2D eigenvalue weighted by Gasteiger charge is -2.27. The highest BCUT2D eigenvalue weighted by Crippen LogP contribution is 2.46. The summed E-state index contributed by atoms with van der Waals surface area (Å²) in [5.74, 6) is 0.763. The number of hydrogen-bond donors (Lipinski definition) is 2. The van der Waals surface area contributed by atoms with Crippen molar-refractivity contribution in [2.75, 3.05) is 13.9 Å². The van der Waals surface area contributed by atoms with E-state index < -0.39 is 6.09 Å². The molecule has 5 nitrogen and oxygen atoms in total. The maximum atomic E-state index is 11.1. The fourth-order valence-corrected chi connectivity index (χ4v) is 3.50. The Morgan fingerprint density at radius 1 is 1.20 bits per heavy atom. The van der Waals surface area contributed by atoms with Gasteiger partial charge in [0.05, 0.1) is 6.04 Å². The lowest BCUT2D eigenvalue weighted by molar-refractivity contribution is 0.0511. The number of benzene rings is 2. The monoisotopic (exact) mass is 341 g/mol. The Labute approximate surface area is 147 Å². The minimum absolute atomic E-state index is 0.142. The Kier molecular flexibility index (Phi) is 4.68. The molecule has 0 saturated carbocycles. The van der Waals surface area contributed by atoms with Gasteiger partial charge in [-0.15, -0.1) is 0 Å². The molecule has 0 bridgehead atoms. The lowest BCUT2D eigenvalue weighted by Crippen LogP contribution is -2.34. The van der Waals surface area contributed by atoms with E-state index in [0.717, 1.165) is 28.9 Å². The summed E-state index contributed by atoms with van der Waals surface area (Å²) in [6.45, 7) is 4.41. The van der Waals surface area contributed by atoms with E-state index >= 15 is 0 Å². The van der Waals surface area contributed by atoms with Crippen LogP contribution in [-0.2, 0) is 11.2 Å². The van der Waals surface area contributed by atoms with E-state index in [1.54, 1.807) is 7.11 Å². The fraction of sp³-hybridized carbons (Fsp3) is 0.350. The maximum absolute atomic E-state index is 11.1. The van der Waals surface area contributed by atoms with Crippen LogP contribution in [0.15, 0.2) is 42.5 Å². The first-order valence-corrected chi connectivity index (χ1v) is 8.25. The molecule has 132 valence electrons. The molecule has 1 amide bonds. The molecule has 0 heterocycles. The van der Waals surface area contributed by atoms with Gasteiger partial charge in [-0.2, -0.15) is 0 Å². The van der Waals surface area contributed by atoms with E-state index in [-0.39, 0.29) is 18.2 Å². The number of carboxylic acid groups (broad SMARTS) is 1. The fourth-order valence-electron chi connectivity index (χ4n) is 3.50. The van der Waals surface area contributed by atoms with Gasteiger partial charge in [0.15, 0.2) is 6.79 Å². The summed E-state index contributed by atoms with van der Waals surface area (Å²) in [7, 11) is 1.59. The van der Waals surface area contributed by atoms with Gasteiger partial charge in [-0.1, -0.05) is 44.2 Å². The molecule has 2 aromatic carbocycles. The normalized spacial score (nSPS) is 17.8. The highest BCUT2D eigenvalue weighted by molar-refractivity contribution is 5.68. The van der Waals surface area contributed by atoms with Gasteiger partial charge in [-0.3, -0.25) is 0 Å². The highest BCUT2D eigenvalue weighted by Gasteiger charge is 2.39. The standard InChI is InChI=1S/C20H23NO4/c1-20(2)11-15-10-14(6-9-17(15)18(20)21-19(22)23)13-4-7-16(8-5-13)25-12-24-3/h4-10,18,21H,11-12H2,1-3H3,(H,22,23). The quantitative estimate of drug-likeness (QED) is 0.799. The van der Waals surface area contributed by atoms with Crippen LogP contribution in [0.5, 0.6) is 5.75 Å². The second-order valence-corrected chi connectivity index (χ2v) is 7.04. The molecule has 0 saturated heterocycles. The molecule has 0 radical (unpaired) electrons. The van der Waals surface area contributed by atoms with Crippen LogP contribution in [0, 0.1) is 5.41 Å². The summed E-state index contributed by atoms with van der Waals surface area (Å²) in [6.07, 6.45) is -0.141. The first-order valence-electron chi connectivity index (χ1n) is 8.25. The maximum Gasteiger partial charge on any atom is 0.405 e. The Bertz CT molecular complexity index is 768. The first-order chi connectivity index (χ1) is 11.9. The molecule has 0 aliphatic heterocycles. The second kappa shape index (κ2) is 6.76. The zero-order chi connectivity index (χ0) is 18.0. The summed E-state index contributed by atoms with van der Waals surface area (Å²) < 4.78 is 10.3. The SMILES string of the molecule is COCOc1ccc(-c2ccc3c(c2)CC(C)(C)C3NC(=O)O)cc1. The molecule has 1 atom stereocenters. The van der Waals surface area contributed by atoms with Gasteiger partial charge in [0.25, 0.3) is 0 Å². The number of nitrogens with one attached hydrogen (secondary N) is 1. The number of rotatable bonds is 5. The van der Waals surface area contributed by atoms with E-state index in [4.69, 9.17) is 14.6 Å². The van der Waals surface area contributed by atoms with Gasteiger partial charge in [0, 0.05) is 7.11 Å². The molecule has 1 aliphatic carbocycles. The molecule has 0 aromatic heterocycles. The van der Waals surface area contributed by atoms with Gasteiger partial charge in [0.2, 0.25) is 0 Å². The molecule has 3 rings (SSSR count). The average molecular weight is 341 g/mol. The zero-order valence-corrected chi connectivity index (χ0v) is 14.7. The van der Waals surface area contributed by atoms with Crippen molar-refractivity contribution in [1.29, 1.82) is 0 Å². The van der Waals surface area contributed by atoms with E-state index in [9.17, 15) is 4.79 Å². The molecule has 1 aliphatic rings. The molecule has 2 N–H and O–H groups in total. The average Bonchev–Trinajstić information content (AvgIpc) is 2.82. The second-order valence-electron chi connectivity index (χ2n) is 7.04. The zero-order valence-electron chi connectivity index (χ0n) is 14.7. The number of methoxy groups -OCH3 is 1. The minimum Gasteiger partial charge on any atom is -0.468 e. The largest absolute Gasteiger partial charge is 0.468 e. The predicted molar refractivity (Wildman–Crippen MR) is 95.8 cm³/mol. The Morgan fingerprint density at radius 3 is 2.52 bits per heavy atom. The van der Waals surface area contributed by atoms with Gasteiger partial charge in [-0.05, 0) is 46.2 Å². The van der Waals surface area contributed by atoms with Crippen molar-refractivity contribution in [3.8, 4) is 16.9 Å². The number of ether oxygens (including phenoxy) is 2. The molecule has 0 spiro atoms. The topological polar surface area (TPSA) is 67.8 Å². The van der Waals surface area contributed by atoms with Crippen LogP contribution in [0.25, 0.3) is 11.1 Å². The van der Waals surface area contributed by atoms with Crippen LogP contribution in [0.4, 0.5) is 4.79 Å². The van der Waals surface area contributed by atoms with Crippen molar-refractivity contribution in [3.63, 3.8) is 0 Å². The van der Waals surface area contributed by atoms with Gasteiger partial charge >= 0.3 is 6.09 Å². The van der Waals surface area contributed by atoms with Gasteiger partial charge in [-0.25, -0.2) is 4.79 Å². The summed E-state index contributed by atoms with van der Waals surface area (Å²) >= 11 is 0. The summed E-state index contributed by atoms with van der Waals surface area (Å²) in [4.78, 5) is 11.1. The lowest BCUT2D eigenvalue weighted by atomic mass is 9.85. The highest BCUT2D eigenvalue weighted by atomic mass is 16.7. The third-order valence-electron chi connectivity index (χ3n) is 4.68. The minimum atomic E-state index is -0.985. The predicted octanol–water partition coefficient (Wildman–Crippen LogP) is 4.23. The molecule has 0 fully saturated rings. The molecule has 5 heteroatoms.